The number of carboxylic acid groups (broad SMARTS) is 2. The Hall–Kier alpha value is -2.12. The molecule has 1 rings (SSSR count). The molecule has 8 heteroatoms. The number of hydrogen-bond acceptors (Lipinski definition) is 4. The Labute approximate surface area is 154 Å². The van der Waals surface area contributed by atoms with Gasteiger partial charge in [-0.05, 0) is 38.5 Å². The zero-order valence-corrected chi connectivity index (χ0v) is 15.4. The summed E-state index contributed by atoms with van der Waals surface area (Å²) in [6.45, 7) is 0. The van der Waals surface area contributed by atoms with Gasteiger partial charge in [-0.1, -0.05) is 25.7 Å². The Morgan fingerprint density at radius 2 is 1.19 bits per heavy atom. The van der Waals surface area contributed by atoms with Gasteiger partial charge in [0.15, 0.2) is 0 Å². The van der Waals surface area contributed by atoms with Crippen LogP contribution >= 0.6 is 0 Å². The molecule has 1 fully saturated rings. The van der Waals surface area contributed by atoms with E-state index in [0.717, 1.165) is 25.7 Å². The maximum Gasteiger partial charge on any atom is 0.303 e. The van der Waals surface area contributed by atoms with Gasteiger partial charge in [0.25, 0.3) is 0 Å². The molecule has 0 aromatic heterocycles. The zero-order valence-electron chi connectivity index (χ0n) is 15.4. The molecule has 8 nitrogen and oxygen atoms in total. The average Bonchev–Trinajstić information content (AvgIpc) is 2.78. The average molecular weight is 372 g/mol. The molecule has 1 saturated carbocycles. The molecule has 0 spiro atoms. The maximum atomic E-state index is 11.6. The number of aliphatic carboxylic acids is 2. The number of carboxylic acids is 2. The fourth-order valence-electron chi connectivity index (χ4n) is 3.18. The van der Waals surface area contributed by atoms with Crippen molar-refractivity contribution in [2.24, 2.45) is 16.9 Å². The van der Waals surface area contributed by atoms with Crippen molar-refractivity contribution >= 4 is 23.8 Å². The van der Waals surface area contributed by atoms with Crippen molar-refractivity contribution in [3.8, 4) is 0 Å². The standard InChI is InChI=1S/C12H22N2O2.C6H10O4/c13-10(15)6-5-9-12(11(14)16)7-3-1-2-4-8-12;7-5(8)3-1-2-4-6(9)10/h1-9H2,(H2,13,15)(H2,14,16);1-4H2,(H,7,8)(H,9,10). The quantitative estimate of drug-likeness (QED) is 0.339. The summed E-state index contributed by atoms with van der Waals surface area (Å²) in [5.74, 6) is -2.23. The van der Waals surface area contributed by atoms with Gasteiger partial charge in [-0.25, -0.2) is 0 Å². The van der Waals surface area contributed by atoms with Crippen LogP contribution in [-0.4, -0.2) is 34.0 Å². The number of nitrogens with two attached hydrogens (primary N) is 2. The lowest BCUT2D eigenvalue weighted by molar-refractivity contribution is -0.139. The van der Waals surface area contributed by atoms with Crippen LogP contribution in [0.3, 0.4) is 0 Å². The molecule has 0 saturated heterocycles. The zero-order chi connectivity index (χ0) is 20.0. The number of unbranched alkanes of at least 4 members (excludes halogenated alkanes) is 1. The molecule has 0 bridgehead atoms. The first-order valence-corrected chi connectivity index (χ1v) is 9.21. The lowest BCUT2D eigenvalue weighted by Crippen LogP contribution is -2.37. The second-order valence-corrected chi connectivity index (χ2v) is 6.87. The van der Waals surface area contributed by atoms with Gasteiger partial charge >= 0.3 is 11.9 Å². The second kappa shape index (κ2) is 13.1. The fourth-order valence-corrected chi connectivity index (χ4v) is 3.18. The van der Waals surface area contributed by atoms with Gasteiger partial charge in [0.05, 0.1) is 0 Å². The van der Waals surface area contributed by atoms with E-state index in [4.69, 9.17) is 21.7 Å². The number of hydrogen-bond donors (Lipinski definition) is 4. The van der Waals surface area contributed by atoms with E-state index >= 15 is 0 Å². The second-order valence-electron chi connectivity index (χ2n) is 6.87. The van der Waals surface area contributed by atoms with Crippen molar-refractivity contribution in [1.82, 2.24) is 0 Å². The predicted molar refractivity (Wildman–Crippen MR) is 96.1 cm³/mol. The summed E-state index contributed by atoms with van der Waals surface area (Å²) in [5.41, 5.74) is 10.3. The molecule has 0 heterocycles. The van der Waals surface area contributed by atoms with E-state index in [1.165, 1.54) is 12.8 Å². The lowest BCUT2D eigenvalue weighted by Gasteiger charge is -2.29. The van der Waals surface area contributed by atoms with Crippen LogP contribution in [-0.2, 0) is 19.2 Å². The molecule has 0 aromatic rings. The normalized spacial score (nSPS) is 15.8. The van der Waals surface area contributed by atoms with Crippen LogP contribution in [0.15, 0.2) is 0 Å². The van der Waals surface area contributed by atoms with Crippen LogP contribution in [0.25, 0.3) is 0 Å². The Bertz CT molecular complexity index is 454. The Morgan fingerprint density at radius 1 is 0.731 bits per heavy atom. The van der Waals surface area contributed by atoms with Crippen molar-refractivity contribution in [3.05, 3.63) is 0 Å². The first kappa shape index (κ1) is 23.9. The predicted octanol–water partition coefficient (Wildman–Crippen LogP) is 2.18. The fraction of sp³-hybridized carbons (Fsp3) is 0.778. The van der Waals surface area contributed by atoms with E-state index in [0.29, 0.717) is 32.1 Å². The van der Waals surface area contributed by atoms with E-state index in [2.05, 4.69) is 0 Å². The first-order chi connectivity index (χ1) is 12.2. The summed E-state index contributed by atoms with van der Waals surface area (Å²) in [6.07, 6.45) is 9.03. The van der Waals surface area contributed by atoms with Gasteiger partial charge < -0.3 is 21.7 Å². The Morgan fingerprint density at radius 3 is 1.54 bits per heavy atom. The molecule has 0 atom stereocenters. The molecule has 6 N–H and O–H groups in total. The number of primary amides is 2. The van der Waals surface area contributed by atoms with Gasteiger partial charge in [-0.3, -0.25) is 19.2 Å². The van der Waals surface area contributed by atoms with Crippen molar-refractivity contribution in [2.45, 2.75) is 83.5 Å². The van der Waals surface area contributed by atoms with E-state index in [9.17, 15) is 19.2 Å². The molecule has 1 aliphatic carbocycles. The summed E-state index contributed by atoms with van der Waals surface area (Å²) in [4.78, 5) is 42.1. The smallest absolute Gasteiger partial charge is 0.303 e. The summed E-state index contributed by atoms with van der Waals surface area (Å²) in [5, 5.41) is 16.3. The van der Waals surface area contributed by atoms with Gasteiger partial charge in [0, 0.05) is 24.7 Å². The molecule has 26 heavy (non-hydrogen) atoms. The highest BCUT2D eigenvalue weighted by atomic mass is 16.4. The van der Waals surface area contributed by atoms with E-state index in [1.54, 1.807) is 0 Å². The number of carbonyl (C=O) groups excluding carboxylic acids is 2. The van der Waals surface area contributed by atoms with Crippen molar-refractivity contribution in [2.75, 3.05) is 0 Å². The molecular weight excluding hydrogens is 340 g/mol. The van der Waals surface area contributed by atoms with Gasteiger partial charge in [0.1, 0.15) is 0 Å². The van der Waals surface area contributed by atoms with Crippen molar-refractivity contribution in [3.63, 3.8) is 0 Å². The molecule has 0 unspecified atom stereocenters. The monoisotopic (exact) mass is 372 g/mol. The van der Waals surface area contributed by atoms with E-state index in [1.807, 2.05) is 0 Å². The van der Waals surface area contributed by atoms with Gasteiger partial charge in [0.2, 0.25) is 11.8 Å². The summed E-state index contributed by atoms with van der Waals surface area (Å²) in [6, 6.07) is 0. The lowest BCUT2D eigenvalue weighted by atomic mass is 9.75. The highest BCUT2D eigenvalue weighted by Gasteiger charge is 2.36. The van der Waals surface area contributed by atoms with E-state index in [-0.39, 0.29) is 30.1 Å². The molecular formula is C18H32N2O6. The highest BCUT2D eigenvalue weighted by Crippen LogP contribution is 2.39. The van der Waals surface area contributed by atoms with Gasteiger partial charge in [-0.15, -0.1) is 0 Å². The van der Waals surface area contributed by atoms with Gasteiger partial charge in [-0.2, -0.15) is 0 Å². The minimum atomic E-state index is -0.870. The molecule has 150 valence electrons. The van der Waals surface area contributed by atoms with Crippen LogP contribution in [0, 0.1) is 5.41 Å². The third-order valence-electron chi connectivity index (χ3n) is 4.69. The van der Waals surface area contributed by atoms with Crippen molar-refractivity contribution < 1.29 is 29.4 Å². The summed E-state index contributed by atoms with van der Waals surface area (Å²) >= 11 is 0. The topological polar surface area (TPSA) is 161 Å². The van der Waals surface area contributed by atoms with Crippen LogP contribution in [0.2, 0.25) is 0 Å². The van der Waals surface area contributed by atoms with Crippen LogP contribution < -0.4 is 11.5 Å². The SMILES string of the molecule is NC(=O)CCCC1(C(N)=O)CCCCCC1.O=C(O)CCCCC(=O)O. The maximum absolute atomic E-state index is 11.6. The van der Waals surface area contributed by atoms with E-state index < -0.39 is 11.9 Å². The minimum Gasteiger partial charge on any atom is -0.481 e. The number of carbonyl (C=O) groups is 4. The molecule has 0 aromatic carbocycles. The largest absolute Gasteiger partial charge is 0.481 e. The highest BCUT2D eigenvalue weighted by molar-refractivity contribution is 5.81. The Kier molecular flexibility index (Phi) is 12.1. The third kappa shape index (κ3) is 11.4. The molecule has 2 amide bonds. The van der Waals surface area contributed by atoms with Crippen LogP contribution in [0.5, 0.6) is 0 Å². The Balaban J connectivity index is 0.000000541. The summed E-state index contributed by atoms with van der Waals surface area (Å²) in [7, 11) is 0. The number of amides is 2. The van der Waals surface area contributed by atoms with Crippen LogP contribution in [0.4, 0.5) is 0 Å². The van der Waals surface area contributed by atoms with Crippen LogP contribution in [0.1, 0.15) is 83.5 Å². The third-order valence-corrected chi connectivity index (χ3v) is 4.69. The molecule has 0 radical (unpaired) electrons. The first-order valence-electron chi connectivity index (χ1n) is 9.21. The minimum absolute atomic E-state index is 0.0628. The summed E-state index contributed by atoms with van der Waals surface area (Å²) < 4.78 is 0. The number of rotatable bonds is 10. The molecule has 1 aliphatic rings. The van der Waals surface area contributed by atoms with Crippen molar-refractivity contribution in [1.29, 1.82) is 0 Å². The molecule has 0 aliphatic heterocycles.